The van der Waals surface area contributed by atoms with Crippen LogP contribution in [-0.2, 0) is 10.0 Å². The predicted octanol–water partition coefficient (Wildman–Crippen LogP) is 1.99. The van der Waals surface area contributed by atoms with E-state index in [1.165, 1.54) is 6.92 Å². The molecule has 0 bridgehead atoms. The second-order valence-electron chi connectivity index (χ2n) is 2.72. The average Bonchev–Trinajstić information content (AvgIpc) is 2.15. The highest BCUT2D eigenvalue weighted by Gasteiger charge is 2.23. The number of rotatable bonds is 3. The van der Waals surface area contributed by atoms with Gasteiger partial charge in [-0.25, -0.2) is 12.8 Å². The molecule has 0 aromatic heterocycles. The first-order valence-electron chi connectivity index (χ1n) is 4.06. The second-order valence-corrected chi connectivity index (χ2v) is 5.38. The van der Waals surface area contributed by atoms with E-state index in [1.54, 1.807) is 0 Å². The van der Waals surface area contributed by atoms with Crippen molar-refractivity contribution in [2.24, 2.45) is 0 Å². The van der Waals surface area contributed by atoms with Crippen molar-refractivity contribution >= 4 is 26.0 Å². The molecule has 0 fully saturated rings. The molecule has 4 nitrogen and oxygen atoms in total. The molecule has 0 saturated heterocycles. The van der Waals surface area contributed by atoms with Gasteiger partial charge in [0.05, 0.1) is 4.90 Å². The summed E-state index contributed by atoms with van der Waals surface area (Å²) < 4.78 is 36.2. The Morgan fingerprint density at radius 2 is 2.13 bits per heavy atom. The van der Waals surface area contributed by atoms with Crippen molar-refractivity contribution in [3.8, 4) is 0 Å². The lowest BCUT2D eigenvalue weighted by Gasteiger charge is -2.13. The van der Waals surface area contributed by atoms with Crippen LogP contribution in [-0.4, -0.2) is 24.6 Å². The number of halogens is 2. The number of nitrogens with zero attached hydrogens (tertiary/aromatic N) is 1. The highest BCUT2D eigenvalue weighted by atomic mass is 79.9. The molecule has 0 unspecified atom stereocenters. The Morgan fingerprint density at radius 1 is 1.53 bits per heavy atom. The summed E-state index contributed by atoms with van der Waals surface area (Å²) in [7, 11) is -3.96. The van der Waals surface area contributed by atoms with E-state index in [9.17, 15) is 12.8 Å². The van der Waals surface area contributed by atoms with Crippen molar-refractivity contribution in [3.05, 3.63) is 28.5 Å². The quantitative estimate of drug-likeness (QED) is 0.868. The van der Waals surface area contributed by atoms with Crippen molar-refractivity contribution in [1.82, 2.24) is 4.47 Å². The zero-order chi connectivity index (χ0) is 11.6. The highest BCUT2D eigenvalue weighted by molar-refractivity contribution is 9.10. The van der Waals surface area contributed by atoms with Crippen LogP contribution in [0.2, 0.25) is 0 Å². The van der Waals surface area contributed by atoms with E-state index in [2.05, 4.69) is 15.9 Å². The predicted molar refractivity (Wildman–Crippen MR) is 55.5 cm³/mol. The van der Waals surface area contributed by atoms with Crippen molar-refractivity contribution in [2.45, 2.75) is 11.8 Å². The molecule has 1 aromatic carbocycles. The van der Waals surface area contributed by atoms with Gasteiger partial charge in [-0.05, 0) is 41.1 Å². The standard InChI is InChI=1S/C8H9BrFNO3S/c1-2-11(12)15(13,14)8-4-3-6(10)5-7(8)9/h3-5,12H,2H2,1H3. The minimum atomic E-state index is -3.96. The van der Waals surface area contributed by atoms with E-state index in [4.69, 9.17) is 5.21 Å². The second kappa shape index (κ2) is 4.56. The molecule has 0 aliphatic carbocycles. The fourth-order valence-corrected chi connectivity index (χ4v) is 3.04. The van der Waals surface area contributed by atoms with Gasteiger partial charge in [-0.3, -0.25) is 5.21 Å². The van der Waals surface area contributed by atoms with Crippen molar-refractivity contribution in [3.63, 3.8) is 0 Å². The Morgan fingerprint density at radius 3 is 2.60 bits per heavy atom. The third-order valence-corrected chi connectivity index (χ3v) is 4.36. The maximum absolute atomic E-state index is 12.7. The third kappa shape index (κ3) is 2.54. The summed E-state index contributed by atoms with van der Waals surface area (Å²) >= 11 is 2.92. The molecule has 0 atom stereocenters. The molecule has 7 heteroatoms. The van der Waals surface area contributed by atoms with Gasteiger partial charge in [0.15, 0.2) is 0 Å². The molecule has 1 aromatic rings. The minimum Gasteiger partial charge on any atom is -0.299 e. The zero-order valence-corrected chi connectivity index (χ0v) is 10.2. The van der Waals surface area contributed by atoms with Gasteiger partial charge in [-0.1, -0.05) is 4.47 Å². The summed E-state index contributed by atoms with van der Waals surface area (Å²) in [6.07, 6.45) is 0. The van der Waals surface area contributed by atoms with E-state index >= 15 is 0 Å². The van der Waals surface area contributed by atoms with Gasteiger partial charge < -0.3 is 0 Å². The first kappa shape index (κ1) is 12.6. The van der Waals surface area contributed by atoms with Crippen LogP contribution in [0.15, 0.2) is 27.6 Å². The summed E-state index contributed by atoms with van der Waals surface area (Å²) in [4.78, 5) is -0.173. The molecule has 0 amide bonds. The molecule has 15 heavy (non-hydrogen) atoms. The smallest absolute Gasteiger partial charge is 0.265 e. The van der Waals surface area contributed by atoms with Crippen LogP contribution in [0.4, 0.5) is 4.39 Å². The minimum absolute atomic E-state index is 0.0772. The Hall–Kier alpha value is -0.500. The maximum Gasteiger partial charge on any atom is 0.265 e. The molecule has 1 N–H and O–H groups in total. The summed E-state index contributed by atoms with van der Waals surface area (Å²) in [6, 6.07) is 3.13. The van der Waals surface area contributed by atoms with Gasteiger partial charge in [0, 0.05) is 11.0 Å². The van der Waals surface area contributed by atoms with E-state index in [1.807, 2.05) is 0 Å². The van der Waals surface area contributed by atoms with Crippen molar-refractivity contribution < 1.29 is 18.0 Å². The number of sulfonamides is 1. The normalized spacial score (nSPS) is 12.1. The first-order valence-corrected chi connectivity index (χ1v) is 6.29. The monoisotopic (exact) mass is 297 g/mol. The molecule has 0 aliphatic heterocycles. The van der Waals surface area contributed by atoms with E-state index in [0.717, 1.165) is 18.2 Å². The van der Waals surface area contributed by atoms with Gasteiger partial charge in [0.1, 0.15) is 5.82 Å². The molecule has 1 rings (SSSR count). The van der Waals surface area contributed by atoms with E-state index in [-0.39, 0.29) is 20.4 Å². The maximum atomic E-state index is 12.7. The summed E-state index contributed by atoms with van der Waals surface area (Å²) in [5.74, 6) is -0.554. The van der Waals surface area contributed by atoms with E-state index < -0.39 is 15.8 Å². The molecule has 84 valence electrons. The van der Waals surface area contributed by atoms with Crippen LogP contribution < -0.4 is 0 Å². The highest BCUT2D eigenvalue weighted by Crippen LogP contribution is 2.24. The lowest BCUT2D eigenvalue weighted by molar-refractivity contribution is 0.00852. The third-order valence-electron chi connectivity index (χ3n) is 1.72. The average molecular weight is 298 g/mol. The molecular formula is C8H9BrFNO3S. The molecule has 0 saturated carbocycles. The van der Waals surface area contributed by atoms with Crippen LogP contribution >= 0.6 is 15.9 Å². The lowest BCUT2D eigenvalue weighted by Crippen LogP contribution is -2.27. The number of hydroxylamine groups is 1. The number of hydrogen-bond acceptors (Lipinski definition) is 3. The van der Waals surface area contributed by atoms with Gasteiger partial charge in [0.25, 0.3) is 10.0 Å². The fourth-order valence-electron chi connectivity index (χ4n) is 0.968. The van der Waals surface area contributed by atoms with Crippen molar-refractivity contribution in [1.29, 1.82) is 0 Å². The zero-order valence-electron chi connectivity index (χ0n) is 7.81. The van der Waals surface area contributed by atoms with Gasteiger partial charge >= 0.3 is 0 Å². The Kier molecular flexibility index (Phi) is 3.82. The Bertz CT molecular complexity index is 463. The van der Waals surface area contributed by atoms with Crippen LogP contribution in [0, 0.1) is 5.82 Å². The topological polar surface area (TPSA) is 57.6 Å². The van der Waals surface area contributed by atoms with Crippen LogP contribution in [0.3, 0.4) is 0 Å². The summed E-state index contributed by atoms with van der Waals surface area (Å²) in [6.45, 7) is 1.40. The fraction of sp³-hybridized carbons (Fsp3) is 0.250. The SMILES string of the molecule is CCN(O)S(=O)(=O)c1ccc(F)cc1Br. The van der Waals surface area contributed by atoms with E-state index in [0.29, 0.717) is 0 Å². The molecular weight excluding hydrogens is 289 g/mol. The van der Waals surface area contributed by atoms with Gasteiger partial charge in [-0.2, -0.15) is 0 Å². The molecule has 0 aliphatic rings. The Balaban J connectivity index is 3.28. The summed E-state index contributed by atoms with van der Waals surface area (Å²) in [5.41, 5.74) is 0. The van der Waals surface area contributed by atoms with Crippen LogP contribution in [0.1, 0.15) is 6.92 Å². The van der Waals surface area contributed by atoms with Gasteiger partial charge in [0.2, 0.25) is 0 Å². The number of hydrogen-bond donors (Lipinski definition) is 1. The lowest BCUT2D eigenvalue weighted by atomic mass is 10.3. The van der Waals surface area contributed by atoms with Crippen molar-refractivity contribution in [2.75, 3.05) is 6.54 Å². The Labute approximate surface area is 95.5 Å². The molecule has 0 radical (unpaired) electrons. The van der Waals surface area contributed by atoms with Gasteiger partial charge in [-0.15, -0.1) is 0 Å². The summed E-state index contributed by atoms with van der Waals surface area (Å²) in [5, 5.41) is 9.16. The molecule has 0 spiro atoms. The van der Waals surface area contributed by atoms with Crippen LogP contribution in [0.25, 0.3) is 0 Å². The molecule has 0 heterocycles. The number of benzene rings is 1. The largest absolute Gasteiger partial charge is 0.299 e. The van der Waals surface area contributed by atoms with Crippen LogP contribution in [0.5, 0.6) is 0 Å². The first-order chi connectivity index (χ1) is 6.89.